The van der Waals surface area contributed by atoms with E-state index in [0.717, 1.165) is 24.2 Å². The largest absolute Gasteiger partial charge is 0.480 e. The smallest absolute Gasteiger partial charge is 0.329 e. The van der Waals surface area contributed by atoms with E-state index in [1.165, 1.54) is 4.90 Å². The molecule has 6 nitrogen and oxygen atoms in total. The second kappa shape index (κ2) is 6.11. The fourth-order valence-corrected chi connectivity index (χ4v) is 2.63. The minimum atomic E-state index is -1.12. The van der Waals surface area contributed by atoms with Crippen LogP contribution in [0.25, 0.3) is 0 Å². The van der Waals surface area contributed by atoms with Crippen molar-refractivity contribution in [1.82, 2.24) is 15.2 Å². The number of aryl methyl sites for hydroxylation is 1. The van der Waals surface area contributed by atoms with Crippen LogP contribution in [0.1, 0.15) is 37.6 Å². The molecule has 1 atom stereocenters. The molecule has 2 N–H and O–H groups in total. The van der Waals surface area contributed by atoms with Crippen molar-refractivity contribution in [3.05, 3.63) is 29.6 Å². The summed E-state index contributed by atoms with van der Waals surface area (Å²) in [6.07, 6.45) is 2.14. The molecular formula is C15H21N3O3. The number of nitrogens with one attached hydrogen (secondary N) is 1. The van der Waals surface area contributed by atoms with Gasteiger partial charge in [-0.2, -0.15) is 0 Å². The van der Waals surface area contributed by atoms with Crippen LogP contribution in [0.5, 0.6) is 0 Å². The average Bonchev–Trinajstić information content (AvgIpc) is 2.45. The molecule has 1 unspecified atom stereocenters. The first-order valence-corrected chi connectivity index (χ1v) is 7.15. The Morgan fingerprint density at radius 1 is 1.43 bits per heavy atom. The summed E-state index contributed by atoms with van der Waals surface area (Å²) < 4.78 is 0. The number of carbonyl (C=O) groups is 2. The Kier molecular flexibility index (Phi) is 4.45. The highest BCUT2D eigenvalue weighted by Gasteiger charge is 2.43. The molecule has 0 bridgehead atoms. The number of hydrogen-bond donors (Lipinski definition) is 2. The van der Waals surface area contributed by atoms with E-state index in [-0.39, 0.29) is 6.03 Å². The van der Waals surface area contributed by atoms with Crippen LogP contribution >= 0.6 is 0 Å². The number of nitrogens with zero attached hydrogens (tertiary/aromatic N) is 2. The van der Waals surface area contributed by atoms with Crippen LogP contribution in [0.2, 0.25) is 0 Å². The molecule has 2 amide bonds. The molecule has 114 valence electrons. The Labute approximate surface area is 124 Å². The molecule has 1 aliphatic rings. The highest BCUT2D eigenvalue weighted by Crippen LogP contribution is 2.28. The zero-order chi connectivity index (χ0) is 15.5. The van der Waals surface area contributed by atoms with Crippen molar-refractivity contribution in [3.8, 4) is 0 Å². The number of amides is 2. The van der Waals surface area contributed by atoms with Crippen molar-refractivity contribution in [3.63, 3.8) is 0 Å². The van der Waals surface area contributed by atoms with Gasteiger partial charge in [-0.05, 0) is 45.2 Å². The van der Waals surface area contributed by atoms with Gasteiger partial charge in [-0.25, -0.2) is 9.59 Å². The van der Waals surface area contributed by atoms with Crippen molar-refractivity contribution in [1.29, 1.82) is 0 Å². The van der Waals surface area contributed by atoms with Gasteiger partial charge in [0.05, 0.1) is 12.2 Å². The van der Waals surface area contributed by atoms with E-state index in [2.05, 4.69) is 10.3 Å². The van der Waals surface area contributed by atoms with E-state index < -0.39 is 11.5 Å². The van der Waals surface area contributed by atoms with E-state index >= 15 is 0 Å². The van der Waals surface area contributed by atoms with E-state index in [0.29, 0.717) is 19.5 Å². The Hall–Kier alpha value is -2.11. The lowest BCUT2D eigenvalue weighted by atomic mass is 9.89. The minimum absolute atomic E-state index is 0.298. The highest BCUT2D eigenvalue weighted by molar-refractivity contribution is 5.86. The van der Waals surface area contributed by atoms with Crippen LogP contribution in [0.4, 0.5) is 4.79 Å². The Balaban J connectivity index is 2.03. The number of pyridine rings is 1. The maximum atomic E-state index is 12.3. The quantitative estimate of drug-likeness (QED) is 0.891. The molecule has 1 fully saturated rings. The lowest BCUT2D eigenvalue weighted by molar-refractivity contribution is -0.150. The fraction of sp³-hybridized carbons (Fsp3) is 0.533. The van der Waals surface area contributed by atoms with Crippen molar-refractivity contribution >= 4 is 12.0 Å². The second-order valence-electron chi connectivity index (χ2n) is 5.62. The lowest BCUT2D eigenvalue weighted by Gasteiger charge is -2.41. The molecular weight excluding hydrogens is 270 g/mol. The summed E-state index contributed by atoms with van der Waals surface area (Å²) in [5, 5.41) is 12.2. The predicted octanol–water partition coefficient (Wildman–Crippen LogP) is 1.93. The number of aromatic nitrogens is 1. The van der Waals surface area contributed by atoms with Crippen molar-refractivity contribution < 1.29 is 14.7 Å². The van der Waals surface area contributed by atoms with Gasteiger partial charge in [0.2, 0.25) is 0 Å². The number of likely N-dealkylation sites (tertiary alicyclic amines) is 1. The molecule has 0 aliphatic carbocycles. The molecule has 0 saturated carbocycles. The monoisotopic (exact) mass is 291 g/mol. The summed E-state index contributed by atoms with van der Waals surface area (Å²) in [6, 6.07) is 5.26. The third-order valence-corrected chi connectivity index (χ3v) is 3.96. The zero-order valence-corrected chi connectivity index (χ0v) is 12.4. The van der Waals surface area contributed by atoms with Gasteiger partial charge in [-0.1, -0.05) is 6.07 Å². The van der Waals surface area contributed by atoms with Gasteiger partial charge in [0.1, 0.15) is 5.54 Å². The van der Waals surface area contributed by atoms with Crippen LogP contribution in [0.3, 0.4) is 0 Å². The molecule has 0 spiro atoms. The van der Waals surface area contributed by atoms with Crippen LogP contribution < -0.4 is 5.32 Å². The summed E-state index contributed by atoms with van der Waals surface area (Å²) in [4.78, 5) is 29.5. The van der Waals surface area contributed by atoms with Gasteiger partial charge in [0, 0.05) is 12.2 Å². The predicted molar refractivity (Wildman–Crippen MR) is 77.8 cm³/mol. The van der Waals surface area contributed by atoms with E-state index in [1.807, 2.05) is 25.1 Å². The molecule has 1 aromatic heterocycles. The van der Waals surface area contributed by atoms with Crippen LogP contribution in [0.15, 0.2) is 18.2 Å². The van der Waals surface area contributed by atoms with Gasteiger partial charge in [-0.15, -0.1) is 0 Å². The molecule has 2 heterocycles. The van der Waals surface area contributed by atoms with E-state index in [4.69, 9.17) is 0 Å². The molecule has 21 heavy (non-hydrogen) atoms. The molecule has 2 rings (SSSR count). The third kappa shape index (κ3) is 3.32. The molecule has 1 saturated heterocycles. The normalized spacial score (nSPS) is 21.9. The first-order chi connectivity index (χ1) is 9.93. The summed E-state index contributed by atoms with van der Waals surface area (Å²) in [6.45, 7) is 4.26. The Bertz CT molecular complexity index is 547. The van der Waals surface area contributed by atoms with Gasteiger partial charge in [0.15, 0.2) is 0 Å². The number of aliphatic carboxylic acids is 1. The minimum Gasteiger partial charge on any atom is -0.480 e. The van der Waals surface area contributed by atoms with Crippen LogP contribution in [-0.4, -0.2) is 39.1 Å². The number of carboxylic acids is 1. The second-order valence-corrected chi connectivity index (χ2v) is 5.62. The number of urea groups is 1. The molecule has 1 aliphatic heterocycles. The Morgan fingerprint density at radius 3 is 2.86 bits per heavy atom. The van der Waals surface area contributed by atoms with Gasteiger partial charge >= 0.3 is 12.0 Å². The van der Waals surface area contributed by atoms with E-state index in [1.54, 1.807) is 6.92 Å². The van der Waals surface area contributed by atoms with Gasteiger partial charge < -0.3 is 15.3 Å². The molecule has 0 radical (unpaired) electrons. The van der Waals surface area contributed by atoms with Crippen molar-refractivity contribution in [2.24, 2.45) is 0 Å². The average molecular weight is 291 g/mol. The topological polar surface area (TPSA) is 82.5 Å². The number of rotatable bonds is 3. The standard InChI is InChI=1S/C15H21N3O3/c1-11-6-5-7-12(17-11)10-16-14(21)18-9-4-3-8-15(18,2)13(19)20/h5-7H,3-4,8-10H2,1-2H3,(H,16,21)(H,19,20). The van der Waals surface area contributed by atoms with E-state index in [9.17, 15) is 14.7 Å². The number of carbonyl (C=O) groups excluding carboxylic acids is 1. The fourth-order valence-electron chi connectivity index (χ4n) is 2.63. The van der Waals surface area contributed by atoms with Crippen LogP contribution in [-0.2, 0) is 11.3 Å². The summed E-state index contributed by atoms with van der Waals surface area (Å²) in [5.74, 6) is -0.953. The van der Waals surface area contributed by atoms with Crippen molar-refractivity contribution in [2.45, 2.75) is 45.2 Å². The SMILES string of the molecule is Cc1cccc(CNC(=O)N2CCCCC2(C)C(=O)O)n1. The van der Waals surface area contributed by atoms with Crippen molar-refractivity contribution in [2.75, 3.05) is 6.54 Å². The molecule has 1 aromatic rings. The first-order valence-electron chi connectivity index (χ1n) is 7.15. The number of hydrogen-bond acceptors (Lipinski definition) is 3. The molecule has 6 heteroatoms. The number of piperidine rings is 1. The maximum Gasteiger partial charge on any atom is 0.329 e. The van der Waals surface area contributed by atoms with Crippen LogP contribution in [0, 0.1) is 6.92 Å². The lowest BCUT2D eigenvalue weighted by Crippen LogP contribution is -2.59. The highest BCUT2D eigenvalue weighted by atomic mass is 16.4. The summed E-state index contributed by atoms with van der Waals surface area (Å²) >= 11 is 0. The summed E-state index contributed by atoms with van der Waals surface area (Å²) in [7, 11) is 0. The third-order valence-electron chi connectivity index (χ3n) is 3.96. The first kappa shape index (κ1) is 15.3. The van der Waals surface area contributed by atoms with Gasteiger partial charge in [0.25, 0.3) is 0 Å². The zero-order valence-electron chi connectivity index (χ0n) is 12.4. The number of carboxylic acid groups (broad SMARTS) is 1. The van der Waals surface area contributed by atoms with Gasteiger partial charge in [-0.3, -0.25) is 4.98 Å². The Morgan fingerprint density at radius 2 is 2.19 bits per heavy atom. The summed E-state index contributed by atoms with van der Waals surface area (Å²) in [5.41, 5.74) is 0.523. The molecule has 0 aromatic carbocycles. The maximum absolute atomic E-state index is 12.3.